The molecular formula is C14H22O4. The Labute approximate surface area is 109 Å². The minimum atomic E-state index is -0.374. The highest BCUT2D eigenvalue weighted by Gasteiger charge is 2.06. The van der Waals surface area contributed by atoms with Crippen molar-refractivity contribution < 1.29 is 19.1 Å². The lowest BCUT2D eigenvalue weighted by molar-refractivity contribution is -0.139. The molecule has 18 heavy (non-hydrogen) atoms. The van der Waals surface area contributed by atoms with Crippen LogP contribution in [0.4, 0.5) is 0 Å². The summed E-state index contributed by atoms with van der Waals surface area (Å²) in [7, 11) is 0. The molecule has 0 unspecified atom stereocenters. The predicted octanol–water partition coefficient (Wildman–Crippen LogP) is 2.79. The molecule has 0 radical (unpaired) electrons. The van der Waals surface area contributed by atoms with E-state index in [0.717, 1.165) is 12.8 Å². The van der Waals surface area contributed by atoms with E-state index in [1.54, 1.807) is 32.9 Å². The monoisotopic (exact) mass is 254 g/mol. The number of esters is 2. The standard InChI is InChI=1S/C14H22O4/c1-5-7-10-18-14(16)12(4)9-8-11(3)13(15)17-6-2/h8-9H,5-7,10H2,1-4H3/b11-8+,12-9+. The molecule has 0 saturated carbocycles. The van der Waals surface area contributed by atoms with Crippen molar-refractivity contribution in [2.75, 3.05) is 13.2 Å². The predicted molar refractivity (Wildman–Crippen MR) is 70.0 cm³/mol. The Morgan fingerprint density at radius 1 is 0.944 bits per heavy atom. The van der Waals surface area contributed by atoms with E-state index < -0.39 is 0 Å². The molecule has 0 amide bonds. The van der Waals surface area contributed by atoms with Crippen LogP contribution in [0.25, 0.3) is 0 Å². The molecule has 4 heteroatoms. The topological polar surface area (TPSA) is 52.6 Å². The van der Waals surface area contributed by atoms with E-state index in [1.807, 2.05) is 6.92 Å². The van der Waals surface area contributed by atoms with Gasteiger partial charge in [-0.15, -0.1) is 0 Å². The zero-order chi connectivity index (χ0) is 14.0. The van der Waals surface area contributed by atoms with Gasteiger partial charge in [-0.3, -0.25) is 0 Å². The van der Waals surface area contributed by atoms with Gasteiger partial charge in [-0.1, -0.05) is 25.5 Å². The first-order chi connectivity index (χ1) is 8.52. The van der Waals surface area contributed by atoms with Crippen molar-refractivity contribution in [1.82, 2.24) is 0 Å². The van der Waals surface area contributed by atoms with Gasteiger partial charge in [0, 0.05) is 11.1 Å². The zero-order valence-electron chi connectivity index (χ0n) is 11.6. The molecule has 0 saturated heterocycles. The van der Waals surface area contributed by atoms with E-state index in [1.165, 1.54) is 0 Å². The minimum absolute atomic E-state index is 0.339. The van der Waals surface area contributed by atoms with Crippen LogP contribution in [0.15, 0.2) is 23.3 Å². The van der Waals surface area contributed by atoms with Crippen LogP contribution in [0.3, 0.4) is 0 Å². The molecule has 0 atom stereocenters. The summed E-state index contributed by atoms with van der Waals surface area (Å²) in [5.74, 6) is -0.725. The summed E-state index contributed by atoms with van der Waals surface area (Å²) >= 11 is 0. The SMILES string of the molecule is CCCCOC(=O)/C(C)=C/C=C(\C)C(=O)OCC. The Kier molecular flexibility index (Phi) is 8.62. The number of carbonyl (C=O) groups is 2. The lowest BCUT2D eigenvalue weighted by atomic mass is 10.2. The molecule has 0 aliphatic heterocycles. The van der Waals surface area contributed by atoms with Gasteiger partial charge in [0.25, 0.3) is 0 Å². The summed E-state index contributed by atoms with van der Waals surface area (Å²) in [6.45, 7) is 7.85. The van der Waals surface area contributed by atoms with E-state index in [9.17, 15) is 9.59 Å². The van der Waals surface area contributed by atoms with Crippen LogP contribution in [-0.2, 0) is 19.1 Å². The molecule has 0 bridgehead atoms. The van der Waals surface area contributed by atoms with Gasteiger partial charge in [0.1, 0.15) is 0 Å². The second-order valence-electron chi connectivity index (χ2n) is 3.91. The van der Waals surface area contributed by atoms with E-state index in [0.29, 0.717) is 24.4 Å². The first kappa shape index (κ1) is 16.4. The van der Waals surface area contributed by atoms with E-state index in [4.69, 9.17) is 9.47 Å². The molecule has 102 valence electrons. The molecule has 4 nitrogen and oxygen atoms in total. The average molecular weight is 254 g/mol. The van der Waals surface area contributed by atoms with Gasteiger partial charge < -0.3 is 9.47 Å². The summed E-state index contributed by atoms with van der Waals surface area (Å²) in [6, 6.07) is 0. The lowest BCUT2D eigenvalue weighted by Crippen LogP contribution is -2.07. The van der Waals surface area contributed by atoms with Crippen LogP contribution < -0.4 is 0 Å². The summed E-state index contributed by atoms with van der Waals surface area (Å²) in [6.07, 6.45) is 4.98. The second-order valence-corrected chi connectivity index (χ2v) is 3.91. The number of allylic oxidation sites excluding steroid dienone is 2. The third-order valence-corrected chi connectivity index (χ3v) is 2.23. The largest absolute Gasteiger partial charge is 0.463 e. The Morgan fingerprint density at radius 3 is 1.89 bits per heavy atom. The van der Waals surface area contributed by atoms with Crippen molar-refractivity contribution >= 4 is 11.9 Å². The maximum absolute atomic E-state index is 11.5. The molecule has 0 aromatic rings. The van der Waals surface area contributed by atoms with Gasteiger partial charge in [-0.25, -0.2) is 9.59 Å². The molecule has 0 aromatic carbocycles. The fraction of sp³-hybridized carbons (Fsp3) is 0.571. The Hall–Kier alpha value is -1.58. The fourth-order valence-corrected chi connectivity index (χ4v) is 1.05. The maximum atomic E-state index is 11.5. The first-order valence-corrected chi connectivity index (χ1v) is 6.22. The average Bonchev–Trinajstić information content (AvgIpc) is 2.35. The van der Waals surface area contributed by atoms with Crippen molar-refractivity contribution in [3.8, 4) is 0 Å². The van der Waals surface area contributed by atoms with Crippen LogP contribution in [0.2, 0.25) is 0 Å². The number of unbranched alkanes of at least 4 members (excludes halogenated alkanes) is 1. The van der Waals surface area contributed by atoms with Crippen molar-refractivity contribution in [2.45, 2.75) is 40.5 Å². The van der Waals surface area contributed by atoms with Crippen LogP contribution in [0, 0.1) is 0 Å². The van der Waals surface area contributed by atoms with Crippen molar-refractivity contribution in [3.63, 3.8) is 0 Å². The third-order valence-electron chi connectivity index (χ3n) is 2.23. The quantitative estimate of drug-likeness (QED) is 0.303. The smallest absolute Gasteiger partial charge is 0.333 e. The van der Waals surface area contributed by atoms with E-state index >= 15 is 0 Å². The van der Waals surface area contributed by atoms with Crippen molar-refractivity contribution in [1.29, 1.82) is 0 Å². The summed E-state index contributed by atoms with van der Waals surface area (Å²) in [5, 5.41) is 0. The van der Waals surface area contributed by atoms with Crippen molar-refractivity contribution in [2.24, 2.45) is 0 Å². The molecule has 0 rings (SSSR count). The molecule has 0 N–H and O–H groups in total. The van der Waals surface area contributed by atoms with Gasteiger partial charge in [-0.05, 0) is 27.2 Å². The Morgan fingerprint density at radius 2 is 1.44 bits per heavy atom. The van der Waals surface area contributed by atoms with Gasteiger partial charge in [0.15, 0.2) is 0 Å². The van der Waals surface area contributed by atoms with Gasteiger partial charge in [-0.2, -0.15) is 0 Å². The van der Waals surface area contributed by atoms with Crippen LogP contribution in [0.1, 0.15) is 40.5 Å². The highest BCUT2D eigenvalue weighted by molar-refractivity contribution is 5.90. The van der Waals surface area contributed by atoms with Gasteiger partial charge in [0.05, 0.1) is 13.2 Å². The lowest BCUT2D eigenvalue weighted by Gasteiger charge is -2.03. The van der Waals surface area contributed by atoms with Crippen LogP contribution >= 0.6 is 0 Å². The molecule has 0 heterocycles. The Balaban J connectivity index is 4.35. The zero-order valence-corrected chi connectivity index (χ0v) is 11.6. The summed E-state index contributed by atoms with van der Waals surface area (Å²) in [4.78, 5) is 22.8. The number of hydrogen-bond acceptors (Lipinski definition) is 4. The van der Waals surface area contributed by atoms with Crippen LogP contribution in [-0.4, -0.2) is 25.2 Å². The maximum Gasteiger partial charge on any atom is 0.333 e. The molecule has 0 spiro atoms. The number of hydrogen-bond donors (Lipinski definition) is 0. The van der Waals surface area contributed by atoms with Gasteiger partial charge >= 0.3 is 11.9 Å². The molecular weight excluding hydrogens is 232 g/mol. The molecule has 0 aliphatic rings. The number of carbonyl (C=O) groups excluding carboxylic acids is 2. The molecule has 0 aliphatic carbocycles. The summed E-state index contributed by atoms with van der Waals surface area (Å²) in [5.41, 5.74) is 0.923. The first-order valence-electron chi connectivity index (χ1n) is 6.22. The highest BCUT2D eigenvalue weighted by atomic mass is 16.5. The van der Waals surface area contributed by atoms with E-state index in [-0.39, 0.29) is 11.9 Å². The Bertz CT molecular complexity index is 340. The summed E-state index contributed by atoms with van der Waals surface area (Å²) < 4.78 is 9.86. The molecule has 0 fully saturated rings. The minimum Gasteiger partial charge on any atom is -0.463 e. The normalized spacial score (nSPS) is 12.2. The van der Waals surface area contributed by atoms with Gasteiger partial charge in [0.2, 0.25) is 0 Å². The van der Waals surface area contributed by atoms with Crippen LogP contribution in [0.5, 0.6) is 0 Å². The van der Waals surface area contributed by atoms with E-state index in [2.05, 4.69) is 0 Å². The third kappa shape index (κ3) is 6.89. The van der Waals surface area contributed by atoms with Crippen molar-refractivity contribution in [3.05, 3.63) is 23.3 Å². The fourth-order valence-electron chi connectivity index (χ4n) is 1.05. The highest BCUT2D eigenvalue weighted by Crippen LogP contribution is 2.03. The number of rotatable bonds is 7. The molecule has 0 aromatic heterocycles. The second kappa shape index (κ2) is 9.45. The number of ether oxygens (including phenoxy) is 2.